The van der Waals surface area contributed by atoms with E-state index in [1.54, 1.807) is 7.11 Å². The Labute approximate surface area is 185 Å². The molecule has 1 aliphatic carbocycles. The first kappa shape index (κ1) is 21.8. The largest absolute Gasteiger partial charge is 0.497 e. The molecule has 0 aromatic heterocycles. The summed E-state index contributed by atoms with van der Waals surface area (Å²) in [6.07, 6.45) is 11.6. The lowest BCUT2D eigenvalue weighted by Crippen LogP contribution is -2.33. The van der Waals surface area contributed by atoms with Crippen LogP contribution < -0.4 is 4.74 Å². The second kappa shape index (κ2) is 10.3. The fraction of sp³-hybridized carbons (Fsp3) is 0.444. The van der Waals surface area contributed by atoms with E-state index in [0.29, 0.717) is 0 Å². The van der Waals surface area contributed by atoms with Gasteiger partial charge in [0, 0.05) is 17.7 Å². The van der Waals surface area contributed by atoms with Crippen molar-refractivity contribution in [3.8, 4) is 5.75 Å². The molecule has 1 atom stereocenters. The molecular formula is C27H33NO3. The van der Waals surface area contributed by atoms with E-state index in [9.17, 15) is 4.79 Å². The lowest BCUT2D eigenvalue weighted by Gasteiger charge is -2.27. The van der Waals surface area contributed by atoms with Crippen LogP contribution in [0.15, 0.2) is 54.1 Å². The molecule has 0 radical (unpaired) electrons. The summed E-state index contributed by atoms with van der Waals surface area (Å²) in [7, 11) is 1.66. The van der Waals surface area contributed by atoms with E-state index >= 15 is 0 Å². The highest BCUT2D eigenvalue weighted by atomic mass is 16.5. The molecule has 1 fully saturated rings. The van der Waals surface area contributed by atoms with Crippen molar-refractivity contribution in [1.82, 2.24) is 4.90 Å². The molecule has 4 nitrogen and oxygen atoms in total. The van der Waals surface area contributed by atoms with Gasteiger partial charge in [0.05, 0.1) is 19.8 Å². The number of hydrogen-bond acceptors (Lipinski definition) is 4. The standard InChI is InChI=1S/C27H33NO3/c1-3-20-7-8-22-19-24(30-2)13-14-25(22)26(20)27(29)21-9-11-23(12-10-21)31-18-17-28-15-5-4-6-16-28/h7-11,13-14,19,23H,3-6,12,15-18H2,1-2H3. The third-order valence-electron chi connectivity index (χ3n) is 6.43. The van der Waals surface area contributed by atoms with Crippen molar-refractivity contribution in [1.29, 1.82) is 0 Å². The molecule has 2 aromatic carbocycles. The minimum absolute atomic E-state index is 0.0590. The number of likely N-dealkylation sites (tertiary alicyclic amines) is 1. The Morgan fingerprint density at radius 1 is 1.13 bits per heavy atom. The van der Waals surface area contributed by atoms with E-state index in [4.69, 9.17) is 9.47 Å². The first-order chi connectivity index (χ1) is 15.2. The third-order valence-corrected chi connectivity index (χ3v) is 6.43. The van der Waals surface area contributed by atoms with E-state index in [2.05, 4.69) is 24.0 Å². The van der Waals surface area contributed by atoms with Crippen LogP contribution in [0.3, 0.4) is 0 Å². The summed E-state index contributed by atoms with van der Waals surface area (Å²) in [6.45, 7) is 6.23. The first-order valence-electron chi connectivity index (χ1n) is 11.6. The molecule has 4 rings (SSSR count). The zero-order valence-corrected chi connectivity index (χ0v) is 18.7. The third kappa shape index (κ3) is 5.08. The van der Waals surface area contributed by atoms with E-state index in [0.717, 1.165) is 59.2 Å². The summed E-state index contributed by atoms with van der Waals surface area (Å²) in [5.41, 5.74) is 2.65. The van der Waals surface area contributed by atoms with Crippen molar-refractivity contribution < 1.29 is 14.3 Å². The molecule has 0 amide bonds. The summed E-state index contributed by atoms with van der Waals surface area (Å²) in [4.78, 5) is 16.0. The van der Waals surface area contributed by atoms with Crippen LogP contribution in [0.5, 0.6) is 5.75 Å². The average molecular weight is 420 g/mol. The van der Waals surface area contributed by atoms with Crippen molar-refractivity contribution in [3.63, 3.8) is 0 Å². The van der Waals surface area contributed by atoms with E-state index in [-0.39, 0.29) is 11.9 Å². The van der Waals surface area contributed by atoms with Gasteiger partial charge in [0.25, 0.3) is 0 Å². The fourth-order valence-corrected chi connectivity index (χ4v) is 4.60. The van der Waals surface area contributed by atoms with Crippen LogP contribution in [0.25, 0.3) is 10.8 Å². The number of fused-ring (bicyclic) bond motifs is 1. The second-order valence-corrected chi connectivity index (χ2v) is 8.44. The first-order valence-corrected chi connectivity index (χ1v) is 11.6. The summed E-state index contributed by atoms with van der Waals surface area (Å²) in [6, 6.07) is 10.1. The number of nitrogens with zero attached hydrogens (tertiary/aromatic N) is 1. The van der Waals surface area contributed by atoms with Crippen LogP contribution in [-0.4, -0.2) is 50.1 Å². The number of carbonyl (C=O) groups excluding carboxylic acids is 1. The molecule has 0 saturated carbocycles. The van der Waals surface area contributed by atoms with Crippen LogP contribution in [0.4, 0.5) is 0 Å². The summed E-state index contributed by atoms with van der Waals surface area (Å²) in [5.74, 6) is 0.895. The van der Waals surface area contributed by atoms with Gasteiger partial charge < -0.3 is 14.4 Å². The summed E-state index contributed by atoms with van der Waals surface area (Å²) < 4.78 is 11.4. The number of ether oxygens (including phenoxy) is 2. The number of benzene rings is 2. The number of carbonyl (C=O) groups is 1. The molecule has 1 saturated heterocycles. The highest BCUT2D eigenvalue weighted by Gasteiger charge is 2.20. The lowest BCUT2D eigenvalue weighted by atomic mass is 9.89. The molecular weight excluding hydrogens is 386 g/mol. The van der Waals surface area contributed by atoms with Gasteiger partial charge in [0.2, 0.25) is 0 Å². The smallest absolute Gasteiger partial charge is 0.193 e. The van der Waals surface area contributed by atoms with Crippen molar-refractivity contribution in [3.05, 3.63) is 65.3 Å². The molecule has 0 N–H and O–H groups in total. The maximum atomic E-state index is 13.5. The molecule has 1 aliphatic heterocycles. The second-order valence-electron chi connectivity index (χ2n) is 8.44. The molecule has 4 heteroatoms. The van der Waals surface area contributed by atoms with Crippen LogP contribution in [0, 0.1) is 0 Å². The zero-order chi connectivity index (χ0) is 21.6. The average Bonchev–Trinajstić information content (AvgIpc) is 2.83. The van der Waals surface area contributed by atoms with Gasteiger partial charge >= 0.3 is 0 Å². The number of methoxy groups -OCH3 is 1. The number of aryl methyl sites for hydroxylation is 1. The Morgan fingerprint density at radius 3 is 2.68 bits per heavy atom. The predicted molar refractivity (Wildman–Crippen MR) is 126 cm³/mol. The quantitative estimate of drug-likeness (QED) is 0.541. The van der Waals surface area contributed by atoms with Gasteiger partial charge in [-0.25, -0.2) is 0 Å². The van der Waals surface area contributed by atoms with Gasteiger partial charge in [-0.2, -0.15) is 0 Å². The Balaban J connectivity index is 1.44. The summed E-state index contributed by atoms with van der Waals surface area (Å²) >= 11 is 0. The van der Waals surface area contributed by atoms with E-state index < -0.39 is 0 Å². The summed E-state index contributed by atoms with van der Waals surface area (Å²) in [5, 5.41) is 2.01. The van der Waals surface area contributed by atoms with Gasteiger partial charge in [0.1, 0.15) is 5.75 Å². The van der Waals surface area contributed by atoms with E-state index in [1.807, 2.05) is 36.4 Å². The number of Topliss-reactive ketones (excluding diaryl/α,β-unsaturated/α-hetero) is 1. The van der Waals surface area contributed by atoms with Gasteiger partial charge in [-0.15, -0.1) is 0 Å². The molecule has 1 unspecified atom stereocenters. The van der Waals surface area contributed by atoms with Crippen LogP contribution in [-0.2, 0) is 11.2 Å². The van der Waals surface area contributed by atoms with Crippen LogP contribution in [0.1, 0.15) is 48.5 Å². The Morgan fingerprint density at radius 2 is 1.97 bits per heavy atom. The van der Waals surface area contributed by atoms with Gasteiger partial charge in [-0.05, 0) is 73.3 Å². The zero-order valence-electron chi connectivity index (χ0n) is 18.7. The van der Waals surface area contributed by atoms with Crippen LogP contribution >= 0.6 is 0 Å². The number of rotatable bonds is 8. The normalized spacial score (nSPS) is 19.4. The molecule has 0 spiro atoms. The maximum Gasteiger partial charge on any atom is 0.193 e. The highest BCUT2D eigenvalue weighted by Crippen LogP contribution is 2.30. The molecule has 0 bridgehead atoms. The Kier molecular flexibility index (Phi) is 7.21. The van der Waals surface area contributed by atoms with E-state index in [1.165, 1.54) is 32.4 Å². The molecule has 2 aromatic rings. The lowest BCUT2D eigenvalue weighted by molar-refractivity contribution is 0.0609. The Bertz CT molecular complexity index is 985. The molecule has 1 heterocycles. The fourth-order valence-electron chi connectivity index (χ4n) is 4.60. The number of hydrogen-bond donors (Lipinski definition) is 0. The van der Waals surface area contributed by atoms with Crippen molar-refractivity contribution in [2.45, 2.75) is 45.1 Å². The molecule has 2 aliphatic rings. The topological polar surface area (TPSA) is 38.8 Å². The minimum atomic E-state index is 0.0590. The number of piperidine rings is 1. The SMILES string of the molecule is CCc1ccc2cc(OC)ccc2c1C(=O)C1=CCC(OCCN2CCCCC2)C=C1. The number of allylic oxidation sites excluding steroid dienone is 2. The van der Waals surface area contributed by atoms with Crippen molar-refractivity contribution in [2.75, 3.05) is 33.4 Å². The van der Waals surface area contributed by atoms with Gasteiger partial charge in [-0.1, -0.05) is 43.7 Å². The maximum absolute atomic E-state index is 13.5. The molecule has 31 heavy (non-hydrogen) atoms. The van der Waals surface area contributed by atoms with Crippen LogP contribution in [0.2, 0.25) is 0 Å². The van der Waals surface area contributed by atoms with Gasteiger partial charge in [-0.3, -0.25) is 4.79 Å². The Hall–Kier alpha value is -2.43. The molecule has 164 valence electrons. The highest BCUT2D eigenvalue weighted by molar-refractivity contribution is 6.18. The van der Waals surface area contributed by atoms with Crippen molar-refractivity contribution in [2.24, 2.45) is 0 Å². The van der Waals surface area contributed by atoms with Crippen molar-refractivity contribution >= 4 is 16.6 Å². The number of ketones is 1. The predicted octanol–water partition coefficient (Wildman–Crippen LogP) is 5.35. The monoisotopic (exact) mass is 419 g/mol. The van der Waals surface area contributed by atoms with Gasteiger partial charge in [0.15, 0.2) is 5.78 Å². The minimum Gasteiger partial charge on any atom is -0.497 e.